The van der Waals surface area contributed by atoms with Crippen LogP contribution in [0.15, 0.2) is 53.5 Å². The molecule has 1 fully saturated rings. The molecule has 0 amide bonds. The fourth-order valence-corrected chi connectivity index (χ4v) is 3.65. The van der Waals surface area contributed by atoms with Crippen LogP contribution in [0.3, 0.4) is 0 Å². The second-order valence-corrected chi connectivity index (χ2v) is 6.96. The normalized spacial score (nSPS) is 18.0. The van der Waals surface area contributed by atoms with E-state index in [-0.39, 0.29) is 6.04 Å². The van der Waals surface area contributed by atoms with Crippen molar-refractivity contribution in [3.05, 3.63) is 54.9 Å². The van der Waals surface area contributed by atoms with Gasteiger partial charge in [-0.2, -0.15) is 0 Å². The first-order chi connectivity index (χ1) is 13.8. The van der Waals surface area contributed by atoms with Gasteiger partial charge in [0.1, 0.15) is 6.33 Å². The molecule has 1 atom stereocenters. The highest BCUT2D eigenvalue weighted by atomic mass is 16.4. The first-order valence-electron chi connectivity index (χ1n) is 9.29. The molecule has 1 aliphatic rings. The maximum atomic E-state index is 5.85. The van der Waals surface area contributed by atoms with Gasteiger partial charge < -0.3 is 9.32 Å². The Morgan fingerprint density at radius 1 is 1.11 bits per heavy atom. The zero-order chi connectivity index (χ0) is 18.9. The molecule has 0 radical (unpaired) electrons. The van der Waals surface area contributed by atoms with Gasteiger partial charge >= 0.3 is 0 Å². The Hall–Kier alpha value is -3.33. The molecule has 9 nitrogen and oxygen atoms in total. The summed E-state index contributed by atoms with van der Waals surface area (Å²) in [4.78, 5) is 9.15. The van der Waals surface area contributed by atoms with Gasteiger partial charge in [0.05, 0.1) is 6.54 Å². The summed E-state index contributed by atoms with van der Waals surface area (Å²) in [6.07, 6.45) is 5.34. The number of hydrogen-bond donors (Lipinski definition) is 0. The van der Waals surface area contributed by atoms with Crippen molar-refractivity contribution >= 4 is 11.5 Å². The van der Waals surface area contributed by atoms with Crippen molar-refractivity contribution in [1.82, 2.24) is 34.7 Å². The lowest BCUT2D eigenvalue weighted by atomic mass is 10.2. The van der Waals surface area contributed by atoms with E-state index < -0.39 is 0 Å². The minimum absolute atomic E-state index is 0.278. The van der Waals surface area contributed by atoms with E-state index in [1.807, 2.05) is 40.9 Å². The van der Waals surface area contributed by atoms with E-state index in [9.17, 15) is 0 Å². The maximum Gasteiger partial charge on any atom is 0.247 e. The molecule has 4 aromatic rings. The lowest BCUT2D eigenvalue weighted by Crippen LogP contribution is -2.52. The second-order valence-electron chi connectivity index (χ2n) is 6.96. The van der Waals surface area contributed by atoms with E-state index in [1.54, 1.807) is 12.5 Å². The summed E-state index contributed by atoms with van der Waals surface area (Å²) in [6, 6.07) is 10.1. The van der Waals surface area contributed by atoms with Gasteiger partial charge in [-0.3, -0.25) is 9.30 Å². The number of nitrogens with zero attached hydrogens (tertiary/aromatic N) is 8. The van der Waals surface area contributed by atoms with Gasteiger partial charge in [-0.25, -0.2) is 4.98 Å². The summed E-state index contributed by atoms with van der Waals surface area (Å²) in [5.74, 6) is 2.07. The van der Waals surface area contributed by atoms with Gasteiger partial charge in [-0.05, 0) is 19.1 Å². The zero-order valence-corrected chi connectivity index (χ0v) is 15.5. The topological polar surface area (TPSA) is 88.5 Å². The molecule has 0 N–H and O–H groups in total. The average Bonchev–Trinajstić information content (AvgIpc) is 3.38. The molecule has 0 bridgehead atoms. The molecule has 4 heterocycles. The van der Waals surface area contributed by atoms with Gasteiger partial charge in [0, 0.05) is 43.6 Å². The Morgan fingerprint density at radius 3 is 2.86 bits per heavy atom. The summed E-state index contributed by atoms with van der Waals surface area (Å²) in [5, 5.41) is 16.6. The van der Waals surface area contributed by atoms with Gasteiger partial charge in [0.15, 0.2) is 5.82 Å². The van der Waals surface area contributed by atoms with Crippen LogP contribution in [0, 0.1) is 0 Å². The molecule has 1 aromatic carbocycles. The molecular weight excluding hydrogens is 356 g/mol. The molecule has 0 aliphatic carbocycles. The van der Waals surface area contributed by atoms with Crippen molar-refractivity contribution in [2.45, 2.75) is 19.5 Å². The third-order valence-electron chi connectivity index (χ3n) is 5.03. The summed E-state index contributed by atoms with van der Waals surface area (Å²) < 4.78 is 7.75. The fourth-order valence-electron chi connectivity index (χ4n) is 3.65. The first kappa shape index (κ1) is 16.8. The molecule has 9 heteroatoms. The molecule has 0 spiro atoms. The molecule has 28 heavy (non-hydrogen) atoms. The summed E-state index contributed by atoms with van der Waals surface area (Å²) in [7, 11) is 0. The van der Waals surface area contributed by atoms with Crippen molar-refractivity contribution in [1.29, 1.82) is 0 Å². The second kappa shape index (κ2) is 7.01. The molecule has 1 unspecified atom stereocenters. The minimum atomic E-state index is 0.278. The van der Waals surface area contributed by atoms with Gasteiger partial charge in [-0.1, -0.05) is 18.2 Å². The Balaban J connectivity index is 1.28. The van der Waals surface area contributed by atoms with Crippen molar-refractivity contribution < 1.29 is 4.42 Å². The first-order valence-corrected chi connectivity index (χ1v) is 9.29. The van der Waals surface area contributed by atoms with Crippen LogP contribution in [0.2, 0.25) is 0 Å². The van der Waals surface area contributed by atoms with Crippen molar-refractivity contribution in [3.8, 4) is 11.5 Å². The van der Waals surface area contributed by atoms with E-state index in [0.29, 0.717) is 18.3 Å². The highest BCUT2D eigenvalue weighted by molar-refractivity contribution is 5.64. The van der Waals surface area contributed by atoms with Gasteiger partial charge in [-0.15, -0.1) is 20.4 Å². The summed E-state index contributed by atoms with van der Waals surface area (Å²) >= 11 is 0. The van der Waals surface area contributed by atoms with Crippen LogP contribution in [-0.4, -0.2) is 60.4 Å². The molecule has 142 valence electrons. The monoisotopic (exact) mass is 376 g/mol. The van der Waals surface area contributed by atoms with Crippen LogP contribution in [0.4, 0.5) is 5.82 Å². The smallest absolute Gasteiger partial charge is 0.247 e. The third kappa shape index (κ3) is 3.09. The Labute approximate surface area is 161 Å². The number of rotatable bonds is 4. The van der Waals surface area contributed by atoms with Crippen LogP contribution in [-0.2, 0) is 6.54 Å². The van der Waals surface area contributed by atoms with E-state index >= 15 is 0 Å². The van der Waals surface area contributed by atoms with E-state index in [2.05, 4.69) is 42.1 Å². The highest BCUT2D eigenvalue weighted by Gasteiger charge is 2.27. The Kier molecular flexibility index (Phi) is 4.21. The van der Waals surface area contributed by atoms with Crippen molar-refractivity contribution in [2.75, 3.05) is 24.5 Å². The van der Waals surface area contributed by atoms with Crippen LogP contribution in [0.1, 0.15) is 12.8 Å². The standard InChI is InChI=1S/C19H20N8O/c1-14-11-25(12-16-22-24-19(28-16)15-5-3-2-4-6-15)9-10-27(14)17-18-23-21-13-26(18)8-7-20-17/h2-8,13-14H,9-12H2,1H3. The Morgan fingerprint density at radius 2 is 2.00 bits per heavy atom. The quantitative estimate of drug-likeness (QED) is 0.533. The zero-order valence-electron chi connectivity index (χ0n) is 15.5. The van der Waals surface area contributed by atoms with Crippen LogP contribution < -0.4 is 4.90 Å². The van der Waals surface area contributed by atoms with Gasteiger partial charge in [0.25, 0.3) is 0 Å². The number of aromatic nitrogens is 6. The number of hydrogen-bond acceptors (Lipinski definition) is 8. The lowest BCUT2D eigenvalue weighted by molar-refractivity contribution is 0.202. The van der Waals surface area contributed by atoms with Crippen LogP contribution in [0.5, 0.6) is 0 Å². The predicted octanol–water partition coefficient (Wildman–Crippen LogP) is 1.88. The van der Waals surface area contributed by atoms with Crippen LogP contribution in [0.25, 0.3) is 17.1 Å². The van der Waals surface area contributed by atoms with Crippen molar-refractivity contribution in [3.63, 3.8) is 0 Å². The van der Waals surface area contributed by atoms with E-state index in [0.717, 1.165) is 36.7 Å². The number of anilines is 1. The van der Waals surface area contributed by atoms with Crippen LogP contribution >= 0.6 is 0 Å². The molecule has 0 saturated carbocycles. The third-order valence-corrected chi connectivity index (χ3v) is 5.03. The van der Waals surface area contributed by atoms with E-state index in [1.165, 1.54) is 0 Å². The number of piperazine rings is 1. The van der Waals surface area contributed by atoms with Crippen molar-refractivity contribution in [2.24, 2.45) is 0 Å². The molecule has 1 aliphatic heterocycles. The van der Waals surface area contributed by atoms with E-state index in [4.69, 9.17) is 4.42 Å². The average molecular weight is 376 g/mol. The summed E-state index contributed by atoms with van der Waals surface area (Å²) in [6.45, 7) is 5.43. The largest absolute Gasteiger partial charge is 0.419 e. The SMILES string of the molecule is CC1CN(Cc2nnc(-c3ccccc3)o2)CCN1c1nccn2cnnc12. The molecule has 3 aromatic heterocycles. The summed E-state index contributed by atoms with van der Waals surface area (Å²) in [5.41, 5.74) is 1.72. The number of benzene rings is 1. The predicted molar refractivity (Wildman–Crippen MR) is 103 cm³/mol. The fraction of sp³-hybridized carbons (Fsp3) is 0.316. The lowest BCUT2D eigenvalue weighted by Gasteiger charge is -2.39. The highest BCUT2D eigenvalue weighted by Crippen LogP contribution is 2.23. The molecule has 1 saturated heterocycles. The molecular formula is C19H20N8O. The van der Waals surface area contributed by atoms with Gasteiger partial charge in [0.2, 0.25) is 17.4 Å². The minimum Gasteiger partial charge on any atom is -0.419 e. The molecule has 5 rings (SSSR count). The number of fused-ring (bicyclic) bond motifs is 1. The Bertz CT molecular complexity index is 1080. The maximum absolute atomic E-state index is 5.85.